The summed E-state index contributed by atoms with van der Waals surface area (Å²) in [6.07, 6.45) is 5.38. The van der Waals surface area contributed by atoms with Crippen molar-refractivity contribution < 1.29 is 4.79 Å². The number of halogens is 2. The van der Waals surface area contributed by atoms with Crippen molar-refractivity contribution in [3.05, 3.63) is 23.8 Å². The van der Waals surface area contributed by atoms with E-state index in [1.54, 1.807) is 19.1 Å². The van der Waals surface area contributed by atoms with Crippen LogP contribution in [0.3, 0.4) is 0 Å². The van der Waals surface area contributed by atoms with Gasteiger partial charge in [0.2, 0.25) is 0 Å². The molecule has 0 N–H and O–H groups in total. The van der Waals surface area contributed by atoms with Gasteiger partial charge in [-0.05, 0) is 24.5 Å². The van der Waals surface area contributed by atoms with E-state index in [1.807, 2.05) is 19.9 Å². The molecule has 1 unspecified atom stereocenters. The fourth-order valence-electron chi connectivity index (χ4n) is 1.25. The van der Waals surface area contributed by atoms with Gasteiger partial charge < -0.3 is 0 Å². The summed E-state index contributed by atoms with van der Waals surface area (Å²) in [6, 6.07) is 0. The third-order valence-corrected chi connectivity index (χ3v) is 3.48. The van der Waals surface area contributed by atoms with Gasteiger partial charge >= 0.3 is 0 Å². The maximum Gasteiger partial charge on any atom is 0.168 e. The average molecular weight is 233 g/mol. The topological polar surface area (TPSA) is 17.1 Å². The zero-order valence-corrected chi connectivity index (χ0v) is 10.1. The lowest BCUT2D eigenvalue weighted by atomic mass is 9.80. The number of allylic oxidation sites excluding steroid dienone is 4. The summed E-state index contributed by atoms with van der Waals surface area (Å²) in [5.74, 6) is 0.336. The Hall–Kier alpha value is -0.270. The summed E-state index contributed by atoms with van der Waals surface area (Å²) in [5, 5.41) is 0. The van der Waals surface area contributed by atoms with Crippen molar-refractivity contribution in [1.29, 1.82) is 0 Å². The molecule has 1 rings (SSSR count). The summed E-state index contributed by atoms with van der Waals surface area (Å²) in [4.78, 5) is 11.1. The van der Waals surface area contributed by atoms with Crippen molar-refractivity contribution in [2.45, 2.75) is 25.6 Å². The van der Waals surface area contributed by atoms with E-state index in [1.165, 1.54) is 0 Å². The predicted octanol–water partition coefficient (Wildman–Crippen LogP) is 3.52. The molecule has 0 bridgehead atoms. The molecule has 1 aliphatic rings. The highest BCUT2D eigenvalue weighted by atomic mass is 35.5. The summed E-state index contributed by atoms with van der Waals surface area (Å²) >= 11 is 11.6. The molecule has 0 aromatic rings. The van der Waals surface area contributed by atoms with Crippen LogP contribution in [0, 0.1) is 11.3 Å². The van der Waals surface area contributed by atoms with E-state index in [9.17, 15) is 4.79 Å². The fourth-order valence-corrected chi connectivity index (χ4v) is 1.61. The second kappa shape index (κ2) is 4.08. The minimum Gasteiger partial charge on any atom is -0.294 e. The van der Waals surface area contributed by atoms with Crippen LogP contribution >= 0.6 is 23.2 Å². The first-order valence-corrected chi connectivity index (χ1v) is 5.48. The van der Waals surface area contributed by atoms with Crippen molar-refractivity contribution >= 4 is 29.0 Å². The molecule has 1 atom stereocenters. The van der Waals surface area contributed by atoms with Crippen molar-refractivity contribution in [3.8, 4) is 0 Å². The van der Waals surface area contributed by atoms with E-state index < -0.39 is 10.3 Å². The highest BCUT2D eigenvalue weighted by Gasteiger charge is 2.37. The molecule has 0 aromatic heterocycles. The van der Waals surface area contributed by atoms with Crippen LogP contribution in [0.1, 0.15) is 20.8 Å². The zero-order valence-electron chi connectivity index (χ0n) is 8.55. The number of hydrogen-bond donors (Lipinski definition) is 0. The first-order valence-electron chi connectivity index (χ1n) is 4.61. The normalized spacial score (nSPS) is 27.4. The molecule has 3 heteroatoms. The summed E-state index contributed by atoms with van der Waals surface area (Å²) in [5.41, 5.74) is 0.267. The molecule has 0 fully saturated rings. The average Bonchev–Trinajstić information content (AvgIpc) is 2.09. The van der Waals surface area contributed by atoms with E-state index >= 15 is 0 Å². The molecule has 0 spiro atoms. The van der Waals surface area contributed by atoms with Crippen molar-refractivity contribution in [2.24, 2.45) is 11.3 Å². The SMILES string of the molecule is CC(C)C1=CC(=O)C(C)(C(Cl)Cl)C=C1. The van der Waals surface area contributed by atoms with E-state index in [0.717, 1.165) is 5.57 Å². The Morgan fingerprint density at radius 1 is 1.36 bits per heavy atom. The maximum absolute atomic E-state index is 11.8. The number of alkyl halides is 2. The molecule has 1 nitrogen and oxygen atoms in total. The second-order valence-corrected chi connectivity index (χ2v) is 5.18. The zero-order chi connectivity index (χ0) is 10.9. The van der Waals surface area contributed by atoms with Crippen LogP contribution in [-0.2, 0) is 4.79 Å². The molecule has 1 aliphatic carbocycles. The molecule has 0 saturated heterocycles. The summed E-state index contributed by atoms with van der Waals surface area (Å²) in [6.45, 7) is 5.85. The van der Waals surface area contributed by atoms with E-state index in [2.05, 4.69) is 0 Å². The van der Waals surface area contributed by atoms with Gasteiger partial charge in [-0.2, -0.15) is 0 Å². The molecule has 0 heterocycles. The van der Waals surface area contributed by atoms with E-state index in [4.69, 9.17) is 23.2 Å². The predicted molar refractivity (Wildman–Crippen MR) is 60.7 cm³/mol. The molecule has 0 radical (unpaired) electrons. The quantitative estimate of drug-likeness (QED) is 0.667. The molecular formula is C11H14Cl2O. The van der Waals surface area contributed by atoms with Gasteiger partial charge in [0.1, 0.15) is 4.84 Å². The molecule has 0 aromatic carbocycles. The van der Waals surface area contributed by atoms with Crippen LogP contribution in [0.5, 0.6) is 0 Å². The van der Waals surface area contributed by atoms with Gasteiger partial charge in [-0.1, -0.05) is 26.0 Å². The van der Waals surface area contributed by atoms with Gasteiger partial charge in [-0.25, -0.2) is 0 Å². The first kappa shape index (κ1) is 11.8. The number of rotatable bonds is 2. The number of carbonyl (C=O) groups excluding carboxylic acids is 1. The Kier molecular flexibility index (Phi) is 3.44. The van der Waals surface area contributed by atoms with Gasteiger partial charge in [-0.3, -0.25) is 4.79 Å². The Labute approximate surface area is 94.8 Å². The van der Waals surface area contributed by atoms with Gasteiger partial charge in [0, 0.05) is 0 Å². The van der Waals surface area contributed by atoms with Gasteiger partial charge in [0.15, 0.2) is 5.78 Å². The lowest BCUT2D eigenvalue weighted by molar-refractivity contribution is -0.120. The summed E-state index contributed by atoms with van der Waals surface area (Å²) < 4.78 is 0. The Morgan fingerprint density at radius 3 is 2.29 bits per heavy atom. The lowest BCUT2D eigenvalue weighted by Crippen LogP contribution is -2.33. The molecule has 0 saturated carbocycles. The maximum atomic E-state index is 11.8. The van der Waals surface area contributed by atoms with Crippen molar-refractivity contribution in [2.75, 3.05) is 0 Å². The Balaban J connectivity index is 2.97. The Bertz CT molecular complexity index is 302. The Morgan fingerprint density at radius 2 is 1.93 bits per heavy atom. The summed E-state index contributed by atoms with van der Waals surface area (Å²) in [7, 11) is 0. The molecular weight excluding hydrogens is 219 g/mol. The highest BCUT2D eigenvalue weighted by Crippen LogP contribution is 2.36. The smallest absolute Gasteiger partial charge is 0.168 e. The van der Waals surface area contributed by atoms with Crippen LogP contribution in [0.15, 0.2) is 23.8 Å². The monoisotopic (exact) mass is 232 g/mol. The third-order valence-electron chi connectivity index (χ3n) is 2.57. The second-order valence-electron chi connectivity index (χ2n) is 4.08. The largest absolute Gasteiger partial charge is 0.294 e. The number of ketones is 1. The van der Waals surface area contributed by atoms with E-state index in [-0.39, 0.29) is 5.78 Å². The van der Waals surface area contributed by atoms with Crippen molar-refractivity contribution in [1.82, 2.24) is 0 Å². The third kappa shape index (κ3) is 2.04. The molecule has 0 aliphatic heterocycles. The molecule has 78 valence electrons. The van der Waals surface area contributed by atoms with Crippen LogP contribution < -0.4 is 0 Å². The van der Waals surface area contributed by atoms with Gasteiger partial charge in [0.05, 0.1) is 5.41 Å². The number of hydrogen-bond acceptors (Lipinski definition) is 1. The van der Waals surface area contributed by atoms with Gasteiger partial charge in [0.25, 0.3) is 0 Å². The standard InChI is InChI=1S/C11H14Cl2O/c1-7(2)8-4-5-11(3,10(12)13)9(14)6-8/h4-7,10H,1-3H3. The van der Waals surface area contributed by atoms with Crippen molar-refractivity contribution in [3.63, 3.8) is 0 Å². The minimum absolute atomic E-state index is 0.0151. The van der Waals surface area contributed by atoms with Crippen LogP contribution in [0.2, 0.25) is 0 Å². The highest BCUT2D eigenvalue weighted by molar-refractivity contribution is 6.46. The molecule has 0 amide bonds. The molecule has 14 heavy (non-hydrogen) atoms. The van der Waals surface area contributed by atoms with Crippen LogP contribution in [-0.4, -0.2) is 10.6 Å². The van der Waals surface area contributed by atoms with Crippen LogP contribution in [0.4, 0.5) is 0 Å². The minimum atomic E-state index is -0.762. The first-order chi connectivity index (χ1) is 6.38. The van der Waals surface area contributed by atoms with E-state index in [0.29, 0.717) is 5.92 Å². The van der Waals surface area contributed by atoms with Gasteiger partial charge in [-0.15, -0.1) is 23.2 Å². The lowest BCUT2D eigenvalue weighted by Gasteiger charge is -2.28. The fraction of sp³-hybridized carbons (Fsp3) is 0.545. The number of carbonyl (C=O) groups is 1. The van der Waals surface area contributed by atoms with Crippen LogP contribution in [0.25, 0.3) is 0 Å².